The average molecular weight is 311 g/mol. The van der Waals surface area contributed by atoms with Crippen molar-refractivity contribution < 1.29 is 0 Å². The molecule has 0 radical (unpaired) electrons. The zero-order valence-corrected chi connectivity index (χ0v) is 12.4. The summed E-state index contributed by atoms with van der Waals surface area (Å²) in [6, 6.07) is 8.25. The first-order valence-electron chi connectivity index (χ1n) is 5.39. The summed E-state index contributed by atoms with van der Waals surface area (Å²) in [6.07, 6.45) is 0. The van der Waals surface area contributed by atoms with Crippen molar-refractivity contribution in [3.63, 3.8) is 0 Å². The van der Waals surface area contributed by atoms with Crippen LogP contribution in [0.4, 0.5) is 0 Å². The highest BCUT2D eigenvalue weighted by atomic mass is 79.9. The molecule has 0 N–H and O–H groups in total. The lowest BCUT2D eigenvalue weighted by Gasteiger charge is -2.11. The van der Waals surface area contributed by atoms with Gasteiger partial charge in [-0.1, -0.05) is 29.3 Å². The Morgan fingerprint density at radius 3 is 2.18 bits per heavy atom. The minimum atomic E-state index is 0.502. The number of aromatic nitrogens is 1. The van der Waals surface area contributed by atoms with Crippen LogP contribution in [0, 0.1) is 20.8 Å². The fourth-order valence-corrected chi connectivity index (χ4v) is 2.52. The molecule has 17 heavy (non-hydrogen) atoms. The Kier molecular flexibility index (Phi) is 3.55. The van der Waals surface area contributed by atoms with Crippen LogP contribution in [0.1, 0.15) is 16.7 Å². The molecule has 0 bridgehead atoms. The second-order valence-electron chi connectivity index (χ2n) is 4.24. The maximum Gasteiger partial charge on any atom is 0.143 e. The first-order valence-corrected chi connectivity index (χ1v) is 6.56. The van der Waals surface area contributed by atoms with Gasteiger partial charge >= 0.3 is 0 Å². The molecule has 0 aliphatic rings. The van der Waals surface area contributed by atoms with Crippen LogP contribution in [0.25, 0.3) is 11.3 Å². The van der Waals surface area contributed by atoms with Gasteiger partial charge in [0.2, 0.25) is 0 Å². The van der Waals surface area contributed by atoms with Gasteiger partial charge in [-0.2, -0.15) is 0 Å². The molecule has 0 aliphatic carbocycles. The number of nitrogens with zero attached hydrogens (tertiary/aromatic N) is 1. The van der Waals surface area contributed by atoms with Crippen molar-refractivity contribution in [2.24, 2.45) is 0 Å². The molecule has 3 heteroatoms. The van der Waals surface area contributed by atoms with Gasteiger partial charge in [-0.05, 0) is 60.0 Å². The molecule has 0 atom stereocenters. The zero-order valence-electron chi connectivity index (χ0n) is 10.0. The molecule has 1 nitrogen and oxygen atoms in total. The standard InChI is InChI=1S/C14H13BrClN/c1-8-6-9(2)13(10(3)7-8)12-5-4-11(15)14(16)17-12/h4-7H,1-3H3. The SMILES string of the molecule is Cc1cc(C)c(-c2ccc(Br)c(Cl)n2)c(C)c1. The van der Waals surface area contributed by atoms with Gasteiger partial charge in [0.15, 0.2) is 0 Å². The van der Waals surface area contributed by atoms with Crippen LogP contribution in [0.15, 0.2) is 28.7 Å². The van der Waals surface area contributed by atoms with Crippen molar-refractivity contribution in [2.45, 2.75) is 20.8 Å². The molecule has 1 heterocycles. The first-order chi connectivity index (χ1) is 7.99. The normalized spacial score (nSPS) is 10.6. The van der Waals surface area contributed by atoms with Crippen LogP contribution in [0.2, 0.25) is 5.15 Å². The Labute approximate surface area is 115 Å². The summed E-state index contributed by atoms with van der Waals surface area (Å²) in [5.41, 5.74) is 5.83. The molecule has 0 fully saturated rings. The summed E-state index contributed by atoms with van der Waals surface area (Å²) < 4.78 is 0.824. The van der Waals surface area contributed by atoms with E-state index in [1.807, 2.05) is 12.1 Å². The number of benzene rings is 1. The summed E-state index contributed by atoms with van der Waals surface area (Å²) in [6.45, 7) is 6.31. The van der Waals surface area contributed by atoms with Crippen LogP contribution in [-0.2, 0) is 0 Å². The minimum absolute atomic E-state index is 0.502. The number of aryl methyl sites for hydroxylation is 3. The molecule has 2 aromatic rings. The van der Waals surface area contributed by atoms with E-state index in [4.69, 9.17) is 11.6 Å². The third-order valence-corrected chi connectivity index (χ3v) is 3.89. The maximum atomic E-state index is 6.04. The average Bonchev–Trinajstić information content (AvgIpc) is 2.21. The second kappa shape index (κ2) is 4.79. The van der Waals surface area contributed by atoms with Crippen molar-refractivity contribution in [1.29, 1.82) is 0 Å². The van der Waals surface area contributed by atoms with E-state index in [0.717, 1.165) is 10.2 Å². The Balaban J connectivity index is 2.64. The molecular weight excluding hydrogens is 298 g/mol. The van der Waals surface area contributed by atoms with Gasteiger partial charge in [0.25, 0.3) is 0 Å². The predicted molar refractivity (Wildman–Crippen MR) is 76.6 cm³/mol. The van der Waals surface area contributed by atoms with Gasteiger partial charge in [0.1, 0.15) is 5.15 Å². The monoisotopic (exact) mass is 309 g/mol. The minimum Gasteiger partial charge on any atom is -0.235 e. The van der Waals surface area contributed by atoms with E-state index in [1.165, 1.54) is 22.3 Å². The van der Waals surface area contributed by atoms with E-state index in [-0.39, 0.29) is 0 Å². The topological polar surface area (TPSA) is 12.9 Å². The highest BCUT2D eigenvalue weighted by molar-refractivity contribution is 9.10. The van der Waals surface area contributed by atoms with E-state index < -0.39 is 0 Å². The number of halogens is 2. The highest BCUT2D eigenvalue weighted by Gasteiger charge is 2.09. The number of hydrogen-bond acceptors (Lipinski definition) is 1. The van der Waals surface area contributed by atoms with Gasteiger partial charge in [0.05, 0.1) is 10.2 Å². The summed E-state index contributed by atoms with van der Waals surface area (Å²) in [4.78, 5) is 4.41. The van der Waals surface area contributed by atoms with E-state index in [9.17, 15) is 0 Å². The van der Waals surface area contributed by atoms with E-state index in [0.29, 0.717) is 5.15 Å². The molecule has 88 valence electrons. The van der Waals surface area contributed by atoms with Crippen molar-refractivity contribution in [3.05, 3.63) is 50.6 Å². The van der Waals surface area contributed by atoms with E-state index >= 15 is 0 Å². The van der Waals surface area contributed by atoms with Crippen LogP contribution in [0.5, 0.6) is 0 Å². The summed E-state index contributed by atoms with van der Waals surface area (Å²) >= 11 is 9.40. The Morgan fingerprint density at radius 1 is 1.06 bits per heavy atom. The van der Waals surface area contributed by atoms with Gasteiger partial charge in [-0.15, -0.1) is 0 Å². The van der Waals surface area contributed by atoms with E-state index in [2.05, 4.69) is 53.8 Å². The van der Waals surface area contributed by atoms with E-state index in [1.54, 1.807) is 0 Å². The third kappa shape index (κ3) is 2.53. The largest absolute Gasteiger partial charge is 0.235 e. The van der Waals surface area contributed by atoms with Crippen molar-refractivity contribution in [1.82, 2.24) is 4.98 Å². The molecule has 0 aliphatic heterocycles. The quantitative estimate of drug-likeness (QED) is 0.669. The van der Waals surface area contributed by atoms with Gasteiger partial charge in [-0.25, -0.2) is 4.98 Å². The number of hydrogen-bond donors (Lipinski definition) is 0. The lowest BCUT2D eigenvalue weighted by Crippen LogP contribution is -1.93. The van der Waals surface area contributed by atoms with Crippen LogP contribution < -0.4 is 0 Å². The maximum absolute atomic E-state index is 6.04. The molecule has 0 unspecified atom stereocenters. The molecule has 0 spiro atoms. The third-order valence-electron chi connectivity index (χ3n) is 2.74. The summed E-state index contributed by atoms with van der Waals surface area (Å²) in [5.74, 6) is 0. The molecule has 0 saturated heterocycles. The van der Waals surface area contributed by atoms with Gasteiger partial charge < -0.3 is 0 Å². The van der Waals surface area contributed by atoms with Crippen molar-refractivity contribution in [2.75, 3.05) is 0 Å². The van der Waals surface area contributed by atoms with Gasteiger partial charge in [0, 0.05) is 5.56 Å². The molecule has 2 rings (SSSR count). The van der Waals surface area contributed by atoms with Crippen LogP contribution >= 0.6 is 27.5 Å². The molecular formula is C14H13BrClN. The fraction of sp³-hybridized carbons (Fsp3) is 0.214. The molecule has 1 aromatic carbocycles. The lowest BCUT2D eigenvalue weighted by atomic mass is 9.97. The zero-order chi connectivity index (χ0) is 12.6. The second-order valence-corrected chi connectivity index (χ2v) is 5.46. The van der Waals surface area contributed by atoms with Crippen LogP contribution in [-0.4, -0.2) is 4.98 Å². The molecule has 0 saturated carbocycles. The Hall–Kier alpha value is -0.860. The van der Waals surface area contributed by atoms with Crippen LogP contribution in [0.3, 0.4) is 0 Å². The Morgan fingerprint density at radius 2 is 1.65 bits per heavy atom. The predicted octanol–water partition coefficient (Wildman–Crippen LogP) is 5.09. The fourth-order valence-electron chi connectivity index (χ4n) is 2.14. The summed E-state index contributed by atoms with van der Waals surface area (Å²) in [7, 11) is 0. The van der Waals surface area contributed by atoms with Gasteiger partial charge in [-0.3, -0.25) is 0 Å². The first kappa shape index (κ1) is 12.6. The molecule has 1 aromatic heterocycles. The number of pyridine rings is 1. The van der Waals surface area contributed by atoms with Crippen molar-refractivity contribution >= 4 is 27.5 Å². The highest BCUT2D eigenvalue weighted by Crippen LogP contribution is 2.30. The lowest BCUT2D eigenvalue weighted by molar-refractivity contribution is 1.25. The molecule has 0 amide bonds. The Bertz CT molecular complexity index is 555. The summed E-state index contributed by atoms with van der Waals surface area (Å²) in [5, 5.41) is 0.502. The van der Waals surface area contributed by atoms with Crippen molar-refractivity contribution in [3.8, 4) is 11.3 Å². The number of rotatable bonds is 1. The smallest absolute Gasteiger partial charge is 0.143 e.